The smallest absolute Gasteiger partial charge is 0.257 e. The van der Waals surface area contributed by atoms with Crippen molar-refractivity contribution in [2.45, 2.75) is 50.5 Å². The fraction of sp³-hybridized carbons (Fsp3) is 0.700. The van der Waals surface area contributed by atoms with Crippen molar-refractivity contribution >= 4 is 11.8 Å². The summed E-state index contributed by atoms with van der Waals surface area (Å²) in [6.45, 7) is 3.03. The molecule has 26 heavy (non-hydrogen) atoms. The van der Waals surface area contributed by atoms with Gasteiger partial charge < -0.3 is 19.4 Å². The summed E-state index contributed by atoms with van der Waals surface area (Å²) in [5.41, 5.74) is 0.533. The lowest BCUT2D eigenvalue weighted by Gasteiger charge is -2.46. The number of ether oxygens (including phenoxy) is 1. The Balaban J connectivity index is 1.25. The first-order valence-corrected chi connectivity index (χ1v) is 9.88. The third kappa shape index (κ3) is 3.95. The zero-order valence-electron chi connectivity index (χ0n) is 15.2. The molecule has 1 atom stereocenters. The van der Waals surface area contributed by atoms with E-state index in [-0.39, 0.29) is 23.3 Å². The molecule has 1 saturated carbocycles. The van der Waals surface area contributed by atoms with Crippen molar-refractivity contribution in [3.05, 3.63) is 24.2 Å². The summed E-state index contributed by atoms with van der Waals surface area (Å²) in [6.07, 6.45) is 10.1. The third-order valence-corrected chi connectivity index (χ3v) is 6.13. The van der Waals surface area contributed by atoms with Gasteiger partial charge in [0.1, 0.15) is 6.26 Å². The molecule has 1 aliphatic carbocycles. The molecular formula is C20H28N2O4. The Hall–Kier alpha value is -1.82. The van der Waals surface area contributed by atoms with Gasteiger partial charge in [0.25, 0.3) is 5.91 Å². The van der Waals surface area contributed by atoms with Crippen LogP contribution in [0.5, 0.6) is 0 Å². The lowest BCUT2D eigenvalue weighted by molar-refractivity contribution is -0.125. The zero-order valence-corrected chi connectivity index (χ0v) is 15.2. The van der Waals surface area contributed by atoms with Gasteiger partial charge in [-0.05, 0) is 56.9 Å². The Morgan fingerprint density at radius 3 is 2.73 bits per heavy atom. The first kappa shape index (κ1) is 17.6. The molecule has 142 valence electrons. The van der Waals surface area contributed by atoms with Crippen LogP contribution < -0.4 is 5.32 Å². The van der Waals surface area contributed by atoms with E-state index in [1.54, 1.807) is 6.07 Å². The largest absolute Gasteiger partial charge is 0.472 e. The summed E-state index contributed by atoms with van der Waals surface area (Å²) >= 11 is 0. The first-order valence-electron chi connectivity index (χ1n) is 9.88. The van der Waals surface area contributed by atoms with Crippen LogP contribution in [0.4, 0.5) is 0 Å². The first-order chi connectivity index (χ1) is 12.7. The van der Waals surface area contributed by atoms with Gasteiger partial charge in [0, 0.05) is 32.2 Å². The number of hydrogen-bond donors (Lipinski definition) is 1. The van der Waals surface area contributed by atoms with E-state index in [9.17, 15) is 9.59 Å². The van der Waals surface area contributed by atoms with Gasteiger partial charge in [-0.1, -0.05) is 0 Å². The summed E-state index contributed by atoms with van der Waals surface area (Å²) in [5, 5.41) is 3.08. The van der Waals surface area contributed by atoms with Crippen LogP contribution in [0.25, 0.3) is 0 Å². The molecule has 1 aromatic rings. The number of carbonyl (C=O) groups excluding carboxylic acids is 2. The molecule has 3 fully saturated rings. The molecule has 3 aliphatic rings. The minimum Gasteiger partial charge on any atom is -0.472 e. The maximum Gasteiger partial charge on any atom is 0.257 e. The van der Waals surface area contributed by atoms with E-state index < -0.39 is 0 Å². The van der Waals surface area contributed by atoms with Gasteiger partial charge in [0.2, 0.25) is 5.91 Å². The second-order valence-electron chi connectivity index (χ2n) is 8.05. The van der Waals surface area contributed by atoms with Gasteiger partial charge in [-0.2, -0.15) is 0 Å². The molecule has 6 nitrogen and oxygen atoms in total. The van der Waals surface area contributed by atoms with Gasteiger partial charge >= 0.3 is 0 Å². The highest BCUT2D eigenvalue weighted by Crippen LogP contribution is 2.39. The highest BCUT2D eigenvalue weighted by atomic mass is 16.5. The van der Waals surface area contributed by atoms with Crippen molar-refractivity contribution in [3.8, 4) is 0 Å². The number of carbonyl (C=O) groups is 2. The predicted molar refractivity (Wildman–Crippen MR) is 95.6 cm³/mol. The Bertz CT molecular complexity index is 630. The summed E-state index contributed by atoms with van der Waals surface area (Å²) in [4.78, 5) is 26.1. The Kier molecular flexibility index (Phi) is 5.02. The third-order valence-electron chi connectivity index (χ3n) is 6.13. The zero-order chi connectivity index (χ0) is 18.0. The number of nitrogens with zero attached hydrogens (tertiary/aromatic N) is 1. The van der Waals surface area contributed by atoms with Gasteiger partial charge in [0.05, 0.1) is 17.4 Å². The molecule has 1 spiro atoms. The van der Waals surface area contributed by atoms with E-state index >= 15 is 0 Å². The molecule has 6 heteroatoms. The van der Waals surface area contributed by atoms with Crippen LogP contribution >= 0.6 is 0 Å². The van der Waals surface area contributed by atoms with Crippen molar-refractivity contribution in [3.63, 3.8) is 0 Å². The van der Waals surface area contributed by atoms with E-state index in [1.807, 2.05) is 4.90 Å². The lowest BCUT2D eigenvalue weighted by atomic mass is 9.78. The molecule has 0 radical (unpaired) electrons. The Morgan fingerprint density at radius 1 is 1.23 bits per heavy atom. The minimum atomic E-state index is -0.0867. The monoisotopic (exact) mass is 360 g/mol. The standard InChI is InChI=1S/C20H28N2O4/c23-18(16-1-2-16)21-8-3-15-4-12-26-20(13-15)6-9-22(10-7-20)19(24)17-5-11-25-14-17/h5,11,14-16H,1-4,6-10,12-13H2,(H,21,23). The number of furan rings is 1. The Labute approximate surface area is 154 Å². The quantitative estimate of drug-likeness (QED) is 0.876. The summed E-state index contributed by atoms with van der Waals surface area (Å²) < 4.78 is 11.2. The van der Waals surface area contributed by atoms with Crippen molar-refractivity contribution in [2.75, 3.05) is 26.2 Å². The van der Waals surface area contributed by atoms with Crippen molar-refractivity contribution in [2.24, 2.45) is 11.8 Å². The average molecular weight is 360 g/mol. The fourth-order valence-electron chi connectivity index (χ4n) is 4.30. The molecule has 2 saturated heterocycles. The van der Waals surface area contributed by atoms with Gasteiger partial charge in [0.15, 0.2) is 0 Å². The number of likely N-dealkylation sites (tertiary alicyclic amines) is 1. The van der Waals surface area contributed by atoms with Gasteiger partial charge in [-0.15, -0.1) is 0 Å². The van der Waals surface area contributed by atoms with Crippen LogP contribution in [-0.4, -0.2) is 48.6 Å². The van der Waals surface area contributed by atoms with Gasteiger partial charge in [-0.25, -0.2) is 0 Å². The second-order valence-corrected chi connectivity index (χ2v) is 8.05. The molecule has 2 aliphatic heterocycles. The highest BCUT2D eigenvalue weighted by molar-refractivity contribution is 5.93. The minimum absolute atomic E-state index is 0.0451. The van der Waals surface area contributed by atoms with Crippen LogP contribution in [-0.2, 0) is 9.53 Å². The maximum absolute atomic E-state index is 12.4. The molecule has 1 N–H and O–H groups in total. The molecule has 4 rings (SSSR count). The van der Waals surface area contributed by atoms with E-state index in [2.05, 4.69) is 5.32 Å². The molecule has 1 aromatic heterocycles. The summed E-state index contributed by atoms with van der Waals surface area (Å²) in [6, 6.07) is 1.72. The molecule has 0 bridgehead atoms. The number of nitrogens with one attached hydrogen (secondary N) is 1. The normalized spacial score (nSPS) is 25.2. The number of piperidine rings is 1. The van der Waals surface area contributed by atoms with E-state index in [4.69, 9.17) is 9.15 Å². The van der Waals surface area contributed by atoms with Crippen LogP contribution in [0, 0.1) is 11.8 Å². The molecule has 0 aromatic carbocycles. The molecular weight excluding hydrogens is 332 g/mol. The number of rotatable bonds is 5. The van der Waals surface area contributed by atoms with Crippen LogP contribution in [0.1, 0.15) is 55.3 Å². The predicted octanol–water partition coefficient (Wildman–Crippen LogP) is 2.60. The van der Waals surface area contributed by atoms with Crippen LogP contribution in [0.15, 0.2) is 23.0 Å². The topological polar surface area (TPSA) is 71.8 Å². The number of amides is 2. The van der Waals surface area contributed by atoms with E-state index in [0.29, 0.717) is 11.5 Å². The molecule has 3 heterocycles. The highest BCUT2D eigenvalue weighted by Gasteiger charge is 2.41. The van der Waals surface area contributed by atoms with Crippen LogP contribution in [0.3, 0.4) is 0 Å². The summed E-state index contributed by atoms with van der Waals surface area (Å²) in [7, 11) is 0. The number of hydrogen-bond acceptors (Lipinski definition) is 4. The van der Waals surface area contributed by atoms with Crippen LogP contribution in [0.2, 0.25) is 0 Å². The average Bonchev–Trinajstić information content (AvgIpc) is 3.36. The van der Waals surface area contributed by atoms with E-state index in [1.165, 1.54) is 12.5 Å². The van der Waals surface area contributed by atoms with Crippen molar-refractivity contribution in [1.82, 2.24) is 10.2 Å². The summed E-state index contributed by atoms with van der Waals surface area (Å²) in [5.74, 6) is 1.16. The Morgan fingerprint density at radius 2 is 2.04 bits per heavy atom. The van der Waals surface area contributed by atoms with Crippen molar-refractivity contribution in [1.29, 1.82) is 0 Å². The molecule has 1 unspecified atom stereocenters. The fourth-order valence-corrected chi connectivity index (χ4v) is 4.30. The maximum atomic E-state index is 12.4. The second kappa shape index (κ2) is 7.43. The van der Waals surface area contributed by atoms with Crippen molar-refractivity contribution < 1.29 is 18.7 Å². The van der Waals surface area contributed by atoms with Gasteiger partial charge in [-0.3, -0.25) is 9.59 Å². The SMILES string of the molecule is O=C(NCCC1CCOC2(CCN(C(=O)c3ccoc3)CC2)C1)C1CC1. The van der Waals surface area contributed by atoms with E-state index in [0.717, 1.165) is 71.2 Å². The lowest BCUT2D eigenvalue weighted by Crippen LogP contribution is -2.51. The molecule has 2 amide bonds.